The first-order chi connectivity index (χ1) is 6.35. The number of nitrogens with one attached hydrogen (secondary N) is 1. The Hall–Kier alpha value is -0.200. The van der Waals surface area contributed by atoms with Crippen molar-refractivity contribution in [1.82, 2.24) is 5.32 Å². The highest BCUT2D eigenvalue weighted by atomic mass is 32.2. The molecule has 0 spiro atoms. The van der Waals surface area contributed by atoms with Gasteiger partial charge in [-0.2, -0.15) is 17.0 Å². The zero-order chi connectivity index (χ0) is 9.15. The maximum Gasteiger partial charge on any atom is 0.115 e. The summed E-state index contributed by atoms with van der Waals surface area (Å²) < 4.78 is 0. The molecule has 0 aromatic rings. The molecule has 1 unspecified atom stereocenters. The normalized spacial score (nSPS) is 34.1. The van der Waals surface area contributed by atoms with E-state index in [4.69, 9.17) is 5.26 Å². The third-order valence-electron chi connectivity index (χ3n) is 2.88. The highest BCUT2D eigenvalue weighted by Crippen LogP contribution is 2.31. The molecule has 13 heavy (non-hydrogen) atoms. The molecule has 72 valence electrons. The summed E-state index contributed by atoms with van der Waals surface area (Å²) in [5.74, 6) is 3.09. The molecular weight excluding hydrogens is 180 g/mol. The SMILES string of the molecule is N#CC1(NCC2CC2)CCCSC1. The number of nitriles is 1. The van der Waals surface area contributed by atoms with Crippen molar-refractivity contribution in [2.45, 2.75) is 31.2 Å². The van der Waals surface area contributed by atoms with Crippen LogP contribution in [0.1, 0.15) is 25.7 Å². The molecular formula is C10H16N2S. The molecule has 0 aromatic carbocycles. The maximum atomic E-state index is 9.15. The smallest absolute Gasteiger partial charge is 0.115 e. The minimum Gasteiger partial charge on any atom is -0.298 e. The van der Waals surface area contributed by atoms with Crippen LogP contribution < -0.4 is 5.32 Å². The van der Waals surface area contributed by atoms with Crippen LogP contribution in [-0.2, 0) is 0 Å². The van der Waals surface area contributed by atoms with Crippen LogP contribution in [0.2, 0.25) is 0 Å². The van der Waals surface area contributed by atoms with Gasteiger partial charge in [0, 0.05) is 5.75 Å². The Morgan fingerprint density at radius 1 is 1.54 bits per heavy atom. The summed E-state index contributed by atoms with van der Waals surface area (Å²) in [6, 6.07) is 2.47. The lowest BCUT2D eigenvalue weighted by Crippen LogP contribution is -2.48. The Balaban J connectivity index is 1.85. The van der Waals surface area contributed by atoms with Gasteiger partial charge in [0.25, 0.3) is 0 Å². The monoisotopic (exact) mass is 196 g/mol. The van der Waals surface area contributed by atoms with Crippen molar-refractivity contribution >= 4 is 11.8 Å². The Morgan fingerprint density at radius 2 is 2.38 bits per heavy atom. The van der Waals surface area contributed by atoms with E-state index in [1.54, 1.807) is 0 Å². The summed E-state index contributed by atoms with van der Waals surface area (Å²) in [6.07, 6.45) is 4.96. The lowest BCUT2D eigenvalue weighted by Gasteiger charge is -2.31. The van der Waals surface area contributed by atoms with Gasteiger partial charge in [-0.25, -0.2) is 0 Å². The predicted molar refractivity (Wildman–Crippen MR) is 55.6 cm³/mol. The van der Waals surface area contributed by atoms with Crippen LogP contribution in [-0.4, -0.2) is 23.6 Å². The molecule has 1 aliphatic carbocycles. The third kappa shape index (κ3) is 2.38. The summed E-state index contributed by atoms with van der Waals surface area (Å²) in [4.78, 5) is 0. The minimum absolute atomic E-state index is 0.189. The number of hydrogen-bond donors (Lipinski definition) is 1. The molecule has 1 N–H and O–H groups in total. The molecule has 0 bridgehead atoms. The molecule has 2 rings (SSSR count). The van der Waals surface area contributed by atoms with Crippen molar-refractivity contribution in [3.8, 4) is 6.07 Å². The summed E-state index contributed by atoms with van der Waals surface area (Å²) in [7, 11) is 0. The number of nitrogens with zero attached hydrogens (tertiary/aromatic N) is 1. The first-order valence-electron chi connectivity index (χ1n) is 5.09. The second-order valence-electron chi connectivity index (χ2n) is 4.17. The molecule has 1 saturated heterocycles. The van der Waals surface area contributed by atoms with E-state index in [9.17, 15) is 0 Å². The van der Waals surface area contributed by atoms with Crippen LogP contribution in [0.15, 0.2) is 0 Å². The summed E-state index contributed by atoms with van der Waals surface area (Å²) in [5.41, 5.74) is -0.189. The van der Waals surface area contributed by atoms with Crippen LogP contribution >= 0.6 is 11.8 Å². The van der Waals surface area contributed by atoms with E-state index < -0.39 is 0 Å². The molecule has 1 atom stereocenters. The molecule has 2 aliphatic rings. The van der Waals surface area contributed by atoms with Crippen molar-refractivity contribution in [2.24, 2.45) is 5.92 Å². The Morgan fingerprint density at radius 3 is 2.92 bits per heavy atom. The van der Waals surface area contributed by atoms with Crippen LogP contribution in [0.3, 0.4) is 0 Å². The first kappa shape index (κ1) is 9.36. The van der Waals surface area contributed by atoms with Crippen LogP contribution in [0, 0.1) is 17.2 Å². The number of hydrogen-bond acceptors (Lipinski definition) is 3. The average molecular weight is 196 g/mol. The quantitative estimate of drug-likeness (QED) is 0.747. The fraction of sp³-hybridized carbons (Fsp3) is 0.900. The van der Waals surface area contributed by atoms with E-state index in [1.165, 1.54) is 25.0 Å². The van der Waals surface area contributed by atoms with Gasteiger partial charge in [-0.05, 0) is 43.9 Å². The van der Waals surface area contributed by atoms with Gasteiger partial charge in [0.2, 0.25) is 0 Å². The van der Waals surface area contributed by atoms with Crippen LogP contribution in [0.25, 0.3) is 0 Å². The summed E-state index contributed by atoms with van der Waals surface area (Å²) >= 11 is 1.91. The third-order valence-corrected chi connectivity index (χ3v) is 4.16. The van der Waals surface area contributed by atoms with Crippen molar-refractivity contribution in [1.29, 1.82) is 5.26 Å². The van der Waals surface area contributed by atoms with Gasteiger partial charge in [-0.3, -0.25) is 5.32 Å². The van der Waals surface area contributed by atoms with Gasteiger partial charge in [-0.1, -0.05) is 0 Å². The molecule has 1 aliphatic heterocycles. The van der Waals surface area contributed by atoms with Gasteiger partial charge >= 0.3 is 0 Å². The van der Waals surface area contributed by atoms with Crippen molar-refractivity contribution in [2.75, 3.05) is 18.1 Å². The molecule has 3 heteroatoms. The van der Waals surface area contributed by atoms with Crippen LogP contribution in [0.4, 0.5) is 0 Å². The number of rotatable bonds is 3. The van der Waals surface area contributed by atoms with Gasteiger partial charge in [0.15, 0.2) is 0 Å². The van der Waals surface area contributed by atoms with E-state index in [0.29, 0.717) is 0 Å². The van der Waals surface area contributed by atoms with E-state index in [2.05, 4.69) is 11.4 Å². The highest BCUT2D eigenvalue weighted by molar-refractivity contribution is 7.99. The lowest BCUT2D eigenvalue weighted by atomic mass is 9.97. The van der Waals surface area contributed by atoms with E-state index in [1.807, 2.05) is 11.8 Å². The average Bonchev–Trinajstić information content (AvgIpc) is 3.00. The standard InChI is InChI=1S/C10H16N2S/c11-7-10(4-1-5-13-8-10)12-6-9-2-3-9/h9,12H,1-6,8H2. The van der Waals surface area contributed by atoms with E-state index >= 15 is 0 Å². The van der Waals surface area contributed by atoms with Gasteiger partial charge in [-0.15, -0.1) is 0 Å². The fourth-order valence-corrected chi connectivity index (χ4v) is 2.88. The lowest BCUT2D eigenvalue weighted by molar-refractivity contribution is 0.406. The van der Waals surface area contributed by atoms with E-state index in [0.717, 1.165) is 24.6 Å². The molecule has 2 fully saturated rings. The molecule has 0 radical (unpaired) electrons. The Labute approximate surface area is 84.1 Å². The Kier molecular flexibility index (Phi) is 2.80. The highest BCUT2D eigenvalue weighted by Gasteiger charge is 2.34. The number of thioether (sulfide) groups is 1. The zero-order valence-electron chi connectivity index (χ0n) is 7.88. The first-order valence-corrected chi connectivity index (χ1v) is 6.24. The molecule has 1 saturated carbocycles. The topological polar surface area (TPSA) is 35.8 Å². The second-order valence-corrected chi connectivity index (χ2v) is 5.28. The molecule has 0 amide bonds. The van der Waals surface area contributed by atoms with Crippen molar-refractivity contribution in [3.63, 3.8) is 0 Å². The van der Waals surface area contributed by atoms with Gasteiger partial charge < -0.3 is 0 Å². The Bertz CT molecular complexity index is 211. The largest absolute Gasteiger partial charge is 0.298 e. The van der Waals surface area contributed by atoms with Crippen LogP contribution in [0.5, 0.6) is 0 Å². The van der Waals surface area contributed by atoms with Crippen molar-refractivity contribution < 1.29 is 0 Å². The predicted octanol–water partition coefficient (Wildman–Crippen LogP) is 1.78. The van der Waals surface area contributed by atoms with E-state index in [-0.39, 0.29) is 5.54 Å². The van der Waals surface area contributed by atoms with Gasteiger partial charge in [0.1, 0.15) is 5.54 Å². The molecule has 0 aromatic heterocycles. The minimum atomic E-state index is -0.189. The zero-order valence-corrected chi connectivity index (χ0v) is 8.70. The second kappa shape index (κ2) is 3.89. The fourth-order valence-electron chi connectivity index (χ4n) is 1.72. The maximum absolute atomic E-state index is 9.15. The summed E-state index contributed by atoms with van der Waals surface area (Å²) in [6.45, 7) is 1.06. The molecule has 1 heterocycles. The summed E-state index contributed by atoms with van der Waals surface area (Å²) in [5, 5.41) is 12.6. The van der Waals surface area contributed by atoms with Crippen molar-refractivity contribution in [3.05, 3.63) is 0 Å². The van der Waals surface area contributed by atoms with Gasteiger partial charge in [0.05, 0.1) is 6.07 Å². The molecule has 2 nitrogen and oxygen atoms in total.